The second-order valence-corrected chi connectivity index (χ2v) is 14.2. The minimum Gasteiger partial charge on any atom is -0.448 e. The van der Waals surface area contributed by atoms with E-state index >= 15 is 0 Å². The second-order valence-electron chi connectivity index (χ2n) is 9.38. The number of nitrogens with one attached hydrogen (secondary N) is 1. The Kier molecular flexibility index (Phi) is 13.3. The maximum Gasteiger partial charge on any atom is 0.407 e. The molecular formula is C21H46N2O3Si. The standard InChI is InChI=1S/C21H46N2O3Si/c1-9-10-11-12-14-19(22-20(24)25-18-16-23(5)6)15-13-17-26-27(7,8)21(2,3)4/h19H,9-18H2,1-8H3,(H,22,24). The van der Waals surface area contributed by atoms with Gasteiger partial charge in [0.1, 0.15) is 6.61 Å². The van der Waals surface area contributed by atoms with Crippen molar-refractivity contribution in [2.24, 2.45) is 0 Å². The first-order valence-corrected chi connectivity index (χ1v) is 13.6. The Balaban J connectivity index is 4.35. The molecule has 1 unspecified atom stereocenters. The average Bonchev–Trinajstić information content (AvgIpc) is 2.53. The van der Waals surface area contributed by atoms with Crippen LogP contribution in [0.15, 0.2) is 0 Å². The van der Waals surface area contributed by atoms with Crippen LogP contribution >= 0.6 is 0 Å². The van der Waals surface area contributed by atoms with Gasteiger partial charge in [-0.25, -0.2) is 4.79 Å². The van der Waals surface area contributed by atoms with Crippen LogP contribution in [0.4, 0.5) is 4.79 Å². The minimum absolute atomic E-state index is 0.178. The van der Waals surface area contributed by atoms with Crippen LogP contribution in [-0.4, -0.2) is 59.2 Å². The van der Waals surface area contributed by atoms with Gasteiger partial charge in [0, 0.05) is 19.2 Å². The summed E-state index contributed by atoms with van der Waals surface area (Å²) < 4.78 is 11.6. The van der Waals surface area contributed by atoms with E-state index < -0.39 is 8.32 Å². The molecule has 6 heteroatoms. The summed E-state index contributed by atoms with van der Waals surface area (Å²) in [5.41, 5.74) is 0. The number of amides is 1. The summed E-state index contributed by atoms with van der Waals surface area (Å²) in [5, 5.41) is 3.31. The molecule has 0 aromatic carbocycles. The highest BCUT2D eigenvalue weighted by Gasteiger charge is 2.36. The van der Waals surface area contributed by atoms with Gasteiger partial charge < -0.3 is 19.4 Å². The number of alkyl carbamates (subject to hydrolysis) is 1. The highest BCUT2D eigenvalue weighted by molar-refractivity contribution is 6.74. The molecule has 0 fully saturated rings. The van der Waals surface area contributed by atoms with E-state index in [0.29, 0.717) is 6.61 Å². The summed E-state index contributed by atoms with van der Waals surface area (Å²) in [6.07, 6.45) is 7.52. The molecule has 0 aliphatic carbocycles. The first kappa shape index (κ1) is 26.4. The number of ether oxygens (including phenoxy) is 1. The fourth-order valence-electron chi connectivity index (χ4n) is 2.51. The van der Waals surface area contributed by atoms with Gasteiger partial charge in [-0.15, -0.1) is 0 Å². The molecule has 0 rings (SSSR count). The number of rotatable bonds is 14. The van der Waals surface area contributed by atoms with Gasteiger partial charge in [0.05, 0.1) is 0 Å². The van der Waals surface area contributed by atoms with E-state index in [-0.39, 0.29) is 17.2 Å². The lowest BCUT2D eigenvalue weighted by Crippen LogP contribution is -2.41. The van der Waals surface area contributed by atoms with Gasteiger partial charge in [-0.3, -0.25) is 0 Å². The van der Waals surface area contributed by atoms with E-state index in [1.807, 2.05) is 19.0 Å². The van der Waals surface area contributed by atoms with Crippen molar-refractivity contribution in [1.82, 2.24) is 10.2 Å². The lowest BCUT2D eigenvalue weighted by molar-refractivity contribution is 0.131. The summed E-state index contributed by atoms with van der Waals surface area (Å²) in [5.74, 6) is 0. The van der Waals surface area contributed by atoms with Crippen LogP contribution in [-0.2, 0) is 9.16 Å². The zero-order valence-corrected chi connectivity index (χ0v) is 20.3. The van der Waals surface area contributed by atoms with E-state index in [2.05, 4.69) is 46.1 Å². The predicted molar refractivity (Wildman–Crippen MR) is 118 cm³/mol. The van der Waals surface area contributed by atoms with Gasteiger partial charge in [0.15, 0.2) is 8.32 Å². The monoisotopic (exact) mass is 402 g/mol. The van der Waals surface area contributed by atoms with Crippen molar-refractivity contribution >= 4 is 14.4 Å². The molecule has 27 heavy (non-hydrogen) atoms. The van der Waals surface area contributed by atoms with Crippen molar-refractivity contribution in [2.75, 3.05) is 33.9 Å². The Labute approximate surface area is 169 Å². The Morgan fingerprint density at radius 3 is 2.22 bits per heavy atom. The number of hydrogen-bond donors (Lipinski definition) is 1. The molecule has 0 aliphatic heterocycles. The molecule has 0 spiro atoms. The third-order valence-corrected chi connectivity index (χ3v) is 10.0. The first-order valence-electron chi connectivity index (χ1n) is 10.7. The van der Waals surface area contributed by atoms with Crippen LogP contribution in [0.2, 0.25) is 18.1 Å². The first-order chi connectivity index (χ1) is 12.5. The minimum atomic E-state index is -1.69. The normalized spacial score (nSPS) is 13.7. The lowest BCUT2D eigenvalue weighted by atomic mass is 10.0. The van der Waals surface area contributed by atoms with Crippen molar-refractivity contribution in [3.63, 3.8) is 0 Å². The SMILES string of the molecule is CCCCCCC(CCCO[Si](C)(C)C(C)(C)C)NC(=O)OCCN(C)C. The topological polar surface area (TPSA) is 50.8 Å². The Morgan fingerprint density at radius 1 is 1.04 bits per heavy atom. The molecule has 0 aliphatic rings. The fourth-order valence-corrected chi connectivity index (χ4v) is 3.60. The Hall–Kier alpha value is -0.593. The van der Waals surface area contributed by atoms with Crippen molar-refractivity contribution < 1.29 is 14.0 Å². The van der Waals surface area contributed by atoms with Gasteiger partial charge in [-0.2, -0.15) is 0 Å². The zero-order chi connectivity index (χ0) is 20.9. The third kappa shape index (κ3) is 13.3. The maximum absolute atomic E-state index is 12.1. The molecule has 1 amide bonds. The average molecular weight is 403 g/mol. The number of carbonyl (C=O) groups excluding carboxylic acids is 1. The molecule has 0 saturated heterocycles. The van der Waals surface area contributed by atoms with Gasteiger partial charge in [-0.05, 0) is 51.5 Å². The summed E-state index contributed by atoms with van der Waals surface area (Å²) in [7, 11) is 2.25. The van der Waals surface area contributed by atoms with Crippen LogP contribution in [0.5, 0.6) is 0 Å². The van der Waals surface area contributed by atoms with Gasteiger partial charge in [0.2, 0.25) is 0 Å². The molecule has 0 heterocycles. The second kappa shape index (κ2) is 13.6. The van der Waals surface area contributed by atoms with Gasteiger partial charge >= 0.3 is 6.09 Å². The van der Waals surface area contributed by atoms with E-state index in [1.54, 1.807) is 0 Å². The molecule has 0 aromatic rings. The largest absolute Gasteiger partial charge is 0.448 e. The molecule has 5 nitrogen and oxygen atoms in total. The summed E-state index contributed by atoms with van der Waals surface area (Å²) in [4.78, 5) is 14.1. The summed E-state index contributed by atoms with van der Waals surface area (Å²) >= 11 is 0. The van der Waals surface area contributed by atoms with Crippen LogP contribution in [0.25, 0.3) is 0 Å². The number of unbranched alkanes of at least 4 members (excludes halogenated alkanes) is 3. The van der Waals surface area contributed by atoms with Crippen LogP contribution in [0.3, 0.4) is 0 Å². The van der Waals surface area contributed by atoms with Crippen LogP contribution in [0, 0.1) is 0 Å². The Bertz CT molecular complexity index is 395. The van der Waals surface area contributed by atoms with Crippen molar-refractivity contribution in [3.8, 4) is 0 Å². The van der Waals surface area contributed by atoms with E-state index in [4.69, 9.17) is 9.16 Å². The highest BCUT2D eigenvalue weighted by Crippen LogP contribution is 2.36. The van der Waals surface area contributed by atoms with E-state index in [0.717, 1.165) is 38.8 Å². The molecule has 1 atom stereocenters. The highest BCUT2D eigenvalue weighted by atomic mass is 28.4. The molecule has 1 N–H and O–H groups in total. The maximum atomic E-state index is 12.1. The molecule has 0 bridgehead atoms. The summed E-state index contributed by atoms with van der Waals surface area (Å²) in [6.45, 7) is 15.5. The number of carbonyl (C=O) groups is 1. The van der Waals surface area contributed by atoms with E-state index in [9.17, 15) is 4.79 Å². The van der Waals surface area contributed by atoms with Crippen molar-refractivity contribution in [2.45, 2.75) is 96.8 Å². The predicted octanol–water partition coefficient (Wildman–Crippen LogP) is 5.42. The third-order valence-electron chi connectivity index (χ3n) is 5.47. The fraction of sp³-hybridized carbons (Fsp3) is 0.952. The molecule has 0 aromatic heterocycles. The number of nitrogens with zero attached hydrogens (tertiary/aromatic N) is 1. The zero-order valence-electron chi connectivity index (χ0n) is 19.3. The quantitative estimate of drug-likeness (QED) is 0.311. The van der Waals surface area contributed by atoms with Gasteiger partial charge in [0.25, 0.3) is 0 Å². The van der Waals surface area contributed by atoms with Gasteiger partial charge in [-0.1, -0.05) is 53.4 Å². The van der Waals surface area contributed by atoms with E-state index in [1.165, 1.54) is 19.3 Å². The van der Waals surface area contributed by atoms with Crippen LogP contribution < -0.4 is 5.32 Å². The Morgan fingerprint density at radius 2 is 1.67 bits per heavy atom. The van der Waals surface area contributed by atoms with Crippen LogP contribution in [0.1, 0.15) is 72.6 Å². The number of likely N-dealkylation sites (N-methyl/N-ethyl adjacent to an activating group) is 1. The lowest BCUT2D eigenvalue weighted by Gasteiger charge is -2.36. The van der Waals surface area contributed by atoms with Crippen molar-refractivity contribution in [1.29, 1.82) is 0 Å². The molecule has 0 saturated carbocycles. The number of hydrogen-bond acceptors (Lipinski definition) is 4. The molecule has 162 valence electrons. The molecule has 0 radical (unpaired) electrons. The summed E-state index contributed by atoms with van der Waals surface area (Å²) in [6, 6.07) is 0.178. The molecular weight excluding hydrogens is 356 g/mol. The smallest absolute Gasteiger partial charge is 0.407 e. The van der Waals surface area contributed by atoms with Crippen molar-refractivity contribution in [3.05, 3.63) is 0 Å².